The van der Waals surface area contributed by atoms with Crippen molar-refractivity contribution in [1.82, 2.24) is 5.32 Å². The highest BCUT2D eigenvalue weighted by Gasteiger charge is 2.31. The normalized spacial score (nSPS) is 20.7. The number of hydrogen-bond acceptors (Lipinski definition) is 3. The molecule has 0 radical (unpaired) electrons. The number of amides is 1. The van der Waals surface area contributed by atoms with Crippen LogP contribution in [0.4, 0.5) is 13.2 Å². The van der Waals surface area contributed by atoms with Crippen LogP contribution < -0.4 is 15.8 Å². The van der Waals surface area contributed by atoms with E-state index >= 15 is 0 Å². The first kappa shape index (κ1) is 19.6. The lowest BCUT2D eigenvalue weighted by atomic mass is 10.00. The van der Waals surface area contributed by atoms with Crippen molar-refractivity contribution >= 4 is 18.3 Å². The predicted octanol–water partition coefficient (Wildman–Crippen LogP) is 3.14. The van der Waals surface area contributed by atoms with E-state index in [0.717, 1.165) is 19.3 Å². The van der Waals surface area contributed by atoms with Crippen LogP contribution in [0.5, 0.6) is 5.75 Å². The van der Waals surface area contributed by atoms with Crippen molar-refractivity contribution in [3.63, 3.8) is 0 Å². The van der Waals surface area contributed by atoms with Crippen molar-refractivity contribution in [3.8, 4) is 5.75 Å². The highest BCUT2D eigenvalue weighted by atomic mass is 35.5. The number of benzene rings is 1. The maximum Gasteiger partial charge on any atom is 0.573 e. The van der Waals surface area contributed by atoms with E-state index in [1.165, 1.54) is 24.3 Å². The van der Waals surface area contributed by atoms with Gasteiger partial charge in [0.05, 0.1) is 0 Å². The summed E-state index contributed by atoms with van der Waals surface area (Å²) in [6.07, 6.45) is -1.32. The Hall–Kier alpha value is -1.47. The van der Waals surface area contributed by atoms with E-state index < -0.39 is 6.36 Å². The standard InChI is InChI=1S/C15H19F3N2O2.ClH/c16-15(17,18)22-12-6-4-10(5-7-12)9-20-14(21)8-11-2-1-3-13(11)19;/h4-7,11,13H,1-3,8-9,19H2,(H,20,21);1H/t11-,13+;/m0./s1. The van der Waals surface area contributed by atoms with Gasteiger partial charge in [-0.2, -0.15) is 0 Å². The summed E-state index contributed by atoms with van der Waals surface area (Å²) >= 11 is 0. The fourth-order valence-electron chi connectivity index (χ4n) is 2.64. The zero-order valence-corrected chi connectivity index (χ0v) is 13.3. The molecule has 2 rings (SSSR count). The number of carbonyl (C=O) groups excluding carboxylic acids is 1. The molecule has 1 aliphatic carbocycles. The number of alkyl halides is 3. The molecule has 0 saturated heterocycles. The summed E-state index contributed by atoms with van der Waals surface area (Å²) in [4.78, 5) is 11.8. The summed E-state index contributed by atoms with van der Waals surface area (Å²) in [7, 11) is 0. The highest BCUT2D eigenvalue weighted by molar-refractivity contribution is 5.85. The van der Waals surface area contributed by atoms with E-state index in [2.05, 4.69) is 10.1 Å². The van der Waals surface area contributed by atoms with Crippen LogP contribution in [0.1, 0.15) is 31.2 Å². The Labute approximate surface area is 139 Å². The Morgan fingerprint density at radius 1 is 1.26 bits per heavy atom. The molecule has 0 aromatic heterocycles. The van der Waals surface area contributed by atoms with Gasteiger partial charge < -0.3 is 15.8 Å². The Morgan fingerprint density at radius 3 is 2.43 bits per heavy atom. The molecule has 130 valence electrons. The summed E-state index contributed by atoms with van der Waals surface area (Å²) in [6, 6.07) is 5.51. The van der Waals surface area contributed by atoms with E-state index in [9.17, 15) is 18.0 Å². The third kappa shape index (κ3) is 6.66. The molecule has 3 N–H and O–H groups in total. The molecule has 1 aromatic rings. The second-order valence-electron chi connectivity index (χ2n) is 5.53. The average molecular weight is 353 g/mol. The van der Waals surface area contributed by atoms with Crippen molar-refractivity contribution in [3.05, 3.63) is 29.8 Å². The topological polar surface area (TPSA) is 64.4 Å². The fourth-order valence-corrected chi connectivity index (χ4v) is 2.64. The van der Waals surface area contributed by atoms with Crippen molar-refractivity contribution in [1.29, 1.82) is 0 Å². The lowest BCUT2D eigenvalue weighted by Crippen LogP contribution is -2.31. The van der Waals surface area contributed by atoms with Gasteiger partial charge in [0.25, 0.3) is 0 Å². The van der Waals surface area contributed by atoms with Gasteiger partial charge in [0, 0.05) is 19.0 Å². The molecule has 0 unspecified atom stereocenters. The average Bonchev–Trinajstić information content (AvgIpc) is 2.82. The van der Waals surface area contributed by atoms with E-state index in [1.807, 2.05) is 0 Å². The maximum absolute atomic E-state index is 12.0. The third-order valence-corrected chi connectivity index (χ3v) is 3.81. The lowest BCUT2D eigenvalue weighted by Gasteiger charge is -2.15. The number of ether oxygens (including phenoxy) is 1. The van der Waals surface area contributed by atoms with Gasteiger partial charge in [0.15, 0.2) is 0 Å². The van der Waals surface area contributed by atoms with Gasteiger partial charge in [-0.3, -0.25) is 4.79 Å². The van der Waals surface area contributed by atoms with Gasteiger partial charge in [0.2, 0.25) is 5.91 Å². The number of nitrogens with two attached hydrogens (primary N) is 1. The predicted molar refractivity (Wildman–Crippen MR) is 82.2 cm³/mol. The summed E-state index contributed by atoms with van der Waals surface area (Å²) in [5, 5.41) is 2.76. The maximum atomic E-state index is 12.0. The van der Waals surface area contributed by atoms with Gasteiger partial charge in [-0.05, 0) is 36.5 Å². The molecule has 2 atom stereocenters. The van der Waals surface area contributed by atoms with E-state index in [-0.39, 0.29) is 42.6 Å². The van der Waals surface area contributed by atoms with E-state index in [4.69, 9.17) is 5.73 Å². The van der Waals surface area contributed by atoms with Crippen LogP contribution in [0.2, 0.25) is 0 Å². The molecule has 0 spiro atoms. The number of carbonyl (C=O) groups is 1. The second-order valence-corrected chi connectivity index (χ2v) is 5.53. The molecule has 4 nitrogen and oxygen atoms in total. The molecule has 0 heterocycles. The van der Waals surface area contributed by atoms with Gasteiger partial charge >= 0.3 is 6.36 Å². The van der Waals surface area contributed by atoms with Crippen LogP contribution in [0.15, 0.2) is 24.3 Å². The van der Waals surface area contributed by atoms with Gasteiger partial charge in [-0.1, -0.05) is 18.6 Å². The van der Waals surface area contributed by atoms with Crippen LogP contribution in [-0.4, -0.2) is 18.3 Å². The number of hydrogen-bond donors (Lipinski definition) is 2. The Balaban J connectivity index is 0.00000264. The molecule has 0 bridgehead atoms. The zero-order valence-electron chi connectivity index (χ0n) is 12.4. The minimum atomic E-state index is -4.70. The van der Waals surface area contributed by atoms with E-state index in [0.29, 0.717) is 12.0 Å². The molecule has 8 heteroatoms. The molecular formula is C15H20ClF3N2O2. The fraction of sp³-hybridized carbons (Fsp3) is 0.533. The zero-order chi connectivity index (χ0) is 16.2. The number of nitrogens with one attached hydrogen (secondary N) is 1. The lowest BCUT2D eigenvalue weighted by molar-refractivity contribution is -0.274. The van der Waals surface area contributed by atoms with Crippen LogP contribution in [-0.2, 0) is 11.3 Å². The summed E-state index contributed by atoms with van der Waals surface area (Å²) < 4.78 is 39.9. The van der Waals surface area contributed by atoms with Crippen molar-refractivity contribution < 1.29 is 22.7 Å². The van der Waals surface area contributed by atoms with Crippen molar-refractivity contribution in [2.75, 3.05) is 0 Å². The van der Waals surface area contributed by atoms with Crippen LogP contribution in [0.3, 0.4) is 0 Å². The SMILES string of the molecule is Cl.N[C@@H]1CCC[C@H]1CC(=O)NCc1ccc(OC(F)(F)F)cc1. The third-order valence-electron chi connectivity index (χ3n) is 3.81. The Kier molecular flexibility index (Phi) is 7.15. The second kappa shape index (κ2) is 8.40. The van der Waals surface area contributed by atoms with Crippen LogP contribution in [0, 0.1) is 5.92 Å². The minimum Gasteiger partial charge on any atom is -0.406 e. The molecule has 0 aliphatic heterocycles. The first-order chi connectivity index (χ1) is 10.3. The van der Waals surface area contributed by atoms with Gasteiger partial charge in [-0.25, -0.2) is 0 Å². The number of rotatable bonds is 5. The number of halogens is 4. The minimum absolute atomic E-state index is 0. The molecule has 1 aromatic carbocycles. The molecule has 1 saturated carbocycles. The van der Waals surface area contributed by atoms with Crippen LogP contribution >= 0.6 is 12.4 Å². The summed E-state index contributed by atoms with van der Waals surface area (Å²) in [5.74, 6) is -0.139. The van der Waals surface area contributed by atoms with Crippen LogP contribution in [0.25, 0.3) is 0 Å². The molecular weight excluding hydrogens is 333 g/mol. The van der Waals surface area contributed by atoms with Crippen molar-refractivity contribution in [2.45, 2.75) is 44.6 Å². The van der Waals surface area contributed by atoms with Gasteiger partial charge in [-0.15, -0.1) is 25.6 Å². The highest BCUT2D eigenvalue weighted by Crippen LogP contribution is 2.26. The molecule has 1 aliphatic rings. The van der Waals surface area contributed by atoms with Gasteiger partial charge in [0.1, 0.15) is 5.75 Å². The quantitative estimate of drug-likeness (QED) is 0.855. The monoisotopic (exact) mass is 352 g/mol. The Morgan fingerprint density at radius 2 is 1.91 bits per heavy atom. The van der Waals surface area contributed by atoms with Crippen molar-refractivity contribution in [2.24, 2.45) is 11.7 Å². The molecule has 1 amide bonds. The Bertz CT molecular complexity index is 508. The molecule has 1 fully saturated rings. The summed E-state index contributed by atoms with van der Waals surface area (Å²) in [5.41, 5.74) is 6.62. The molecule has 23 heavy (non-hydrogen) atoms. The first-order valence-corrected chi connectivity index (χ1v) is 7.20. The smallest absolute Gasteiger partial charge is 0.406 e. The largest absolute Gasteiger partial charge is 0.573 e. The summed E-state index contributed by atoms with van der Waals surface area (Å²) in [6.45, 7) is 0.271. The van der Waals surface area contributed by atoms with E-state index in [1.54, 1.807) is 0 Å². The first-order valence-electron chi connectivity index (χ1n) is 7.20.